The number of benzene rings is 2. The lowest BCUT2D eigenvalue weighted by Crippen LogP contribution is -2.24. The summed E-state index contributed by atoms with van der Waals surface area (Å²) < 4.78 is 5.68. The number of hydrogen-bond donors (Lipinski definition) is 1. The van der Waals surface area contributed by atoms with E-state index in [1.54, 1.807) is 0 Å². The van der Waals surface area contributed by atoms with E-state index in [1.807, 2.05) is 73.7 Å². The Labute approximate surface area is 165 Å². The van der Waals surface area contributed by atoms with Gasteiger partial charge in [-0.05, 0) is 59.9 Å². The van der Waals surface area contributed by atoms with Crippen molar-refractivity contribution in [3.63, 3.8) is 0 Å². The summed E-state index contributed by atoms with van der Waals surface area (Å²) in [5.41, 5.74) is 5.57. The highest BCUT2D eigenvalue weighted by Crippen LogP contribution is 2.30. The lowest BCUT2D eigenvalue weighted by molar-refractivity contribution is 0.297. The molecule has 3 aromatic rings. The molecule has 28 heavy (non-hydrogen) atoms. The van der Waals surface area contributed by atoms with E-state index in [2.05, 4.69) is 12.6 Å². The van der Waals surface area contributed by atoms with E-state index in [-0.39, 0.29) is 0 Å². The smallest absolute Gasteiger partial charge is 0.134 e. The summed E-state index contributed by atoms with van der Waals surface area (Å²) in [5.74, 6) is 0.877. The van der Waals surface area contributed by atoms with Gasteiger partial charge in [0.2, 0.25) is 0 Å². The monoisotopic (exact) mass is 369 g/mol. The van der Waals surface area contributed by atoms with Gasteiger partial charge in [0, 0.05) is 5.39 Å². The summed E-state index contributed by atoms with van der Waals surface area (Å²) in [7, 11) is 0. The van der Waals surface area contributed by atoms with Crippen LogP contribution in [0, 0.1) is 6.92 Å². The van der Waals surface area contributed by atoms with Crippen LogP contribution < -0.4 is 0 Å². The molecule has 0 radical (unpaired) electrons. The Hall–Kier alpha value is -3.17. The van der Waals surface area contributed by atoms with Crippen LogP contribution in [0.25, 0.3) is 16.5 Å². The molecule has 0 bridgehead atoms. The molecule has 3 heteroatoms. The molecule has 0 saturated carbocycles. The second-order valence-electron chi connectivity index (χ2n) is 7.05. The average Bonchev–Trinajstić information content (AvgIpc) is 3.08. The maximum atomic E-state index is 11.0. The van der Waals surface area contributed by atoms with Crippen LogP contribution in [-0.2, 0) is 6.54 Å². The maximum Gasteiger partial charge on any atom is 0.134 e. The molecule has 0 saturated heterocycles. The standard InChI is InChI=1S/C25H23NO2/c1-3-7-19-13-22(20-10-11-24-21(15-20)12-17(2)28-24)25(27)23(14-19)26-16-18-8-5-4-6-9-18/h3-6,8-15,25,27H,1,7,16H2,2H3. The number of furan rings is 1. The molecule has 2 aromatic carbocycles. The molecule has 0 amide bonds. The zero-order valence-corrected chi connectivity index (χ0v) is 15.9. The van der Waals surface area contributed by atoms with Gasteiger partial charge in [-0.1, -0.05) is 48.6 Å². The van der Waals surface area contributed by atoms with Gasteiger partial charge in [0.1, 0.15) is 17.4 Å². The fourth-order valence-corrected chi connectivity index (χ4v) is 3.53. The minimum atomic E-state index is -0.761. The van der Waals surface area contributed by atoms with Crippen molar-refractivity contribution < 1.29 is 9.52 Å². The van der Waals surface area contributed by atoms with Gasteiger partial charge in [-0.2, -0.15) is 0 Å². The molecule has 1 aliphatic carbocycles. The normalized spacial score (nSPS) is 18.2. The quantitative estimate of drug-likeness (QED) is 0.591. The van der Waals surface area contributed by atoms with Gasteiger partial charge in [0.05, 0.1) is 12.3 Å². The first-order chi connectivity index (χ1) is 13.6. The molecular formula is C25H23NO2. The lowest BCUT2D eigenvalue weighted by atomic mass is 9.88. The second-order valence-corrected chi connectivity index (χ2v) is 7.05. The Morgan fingerprint density at radius 3 is 2.71 bits per heavy atom. The fourth-order valence-electron chi connectivity index (χ4n) is 3.53. The third kappa shape index (κ3) is 3.75. The number of aliphatic hydroxyl groups is 1. The third-order valence-electron chi connectivity index (χ3n) is 4.89. The Morgan fingerprint density at radius 2 is 1.93 bits per heavy atom. The van der Waals surface area contributed by atoms with Crippen LogP contribution in [0.5, 0.6) is 0 Å². The van der Waals surface area contributed by atoms with E-state index in [0.717, 1.165) is 45.4 Å². The van der Waals surface area contributed by atoms with Crippen molar-refractivity contribution in [1.29, 1.82) is 0 Å². The van der Waals surface area contributed by atoms with Crippen LogP contribution in [0.1, 0.15) is 23.3 Å². The van der Waals surface area contributed by atoms with Crippen LogP contribution in [0.3, 0.4) is 0 Å². The van der Waals surface area contributed by atoms with Crippen molar-refractivity contribution in [1.82, 2.24) is 0 Å². The van der Waals surface area contributed by atoms with E-state index in [1.165, 1.54) is 0 Å². The minimum absolute atomic E-state index is 0.540. The summed E-state index contributed by atoms with van der Waals surface area (Å²) >= 11 is 0. The van der Waals surface area contributed by atoms with E-state index >= 15 is 0 Å². The molecule has 4 rings (SSSR count). The first-order valence-electron chi connectivity index (χ1n) is 9.44. The molecule has 1 atom stereocenters. The zero-order chi connectivity index (χ0) is 19.5. The second kappa shape index (κ2) is 7.83. The summed E-state index contributed by atoms with van der Waals surface area (Å²) in [5, 5.41) is 12.1. The van der Waals surface area contributed by atoms with Gasteiger partial charge in [0.15, 0.2) is 0 Å². The van der Waals surface area contributed by atoms with Gasteiger partial charge in [-0.15, -0.1) is 6.58 Å². The van der Waals surface area contributed by atoms with Gasteiger partial charge in [-0.3, -0.25) is 4.99 Å². The number of fused-ring (bicyclic) bond motifs is 1. The highest BCUT2D eigenvalue weighted by molar-refractivity contribution is 6.09. The van der Waals surface area contributed by atoms with E-state index in [0.29, 0.717) is 12.3 Å². The number of hydrogen-bond acceptors (Lipinski definition) is 3. The third-order valence-corrected chi connectivity index (χ3v) is 4.89. The molecule has 1 aromatic heterocycles. The molecule has 3 nitrogen and oxygen atoms in total. The molecular weight excluding hydrogens is 346 g/mol. The summed E-state index contributed by atoms with van der Waals surface area (Å²) in [6.45, 7) is 6.33. The molecule has 0 spiro atoms. The molecule has 0 aliphatic heterocycles. The number of nitrogens with zero attached hydrogens (tertiary/aromatic N) is 1. The number of aryl methyl sites for hydroxylation is 1. The average molecular weight is 369 g/mol. The molecule has 140 valence electrons. The largest absolute Gasteiger partial charge is 0.461 e. The number of rotatable bonds is 5. The summed E-state index contributed by atoms with van der Waals surface area (Å²) in [6.07, 6.45) is 5.85. The first-order valence-corrected chi connectivity index (χ1v) is 9.44. The van der Waals surface area contributed by atoms with Crippen molar-refractivity contribution in [2.24, 2.45) is 4.99 Å². The predicted molar refractivity (Wildman–Crippen MR) is 115 cm³/mol. The molecule has 1 N–H and O–H groups in total. The molecule has 1 aliphatic rings. The highest BCUT2D eigenvalue weighted by Gasteiger charge is 2.23. The number of aliphatic imine (C=N–C) groups is 1. The van der Waals surface area contributed by atoms with Gasteiger partial charge < -0.3 is 9.52 Å². The summed E-state index contributed by atoms with van der Waals surface area (Å²) in [6, 6.07) is 18.1. The lowest BCUT2D eigenvalue weighted by Gasteiger charge is -2.22. The zero-order valence-electron chi connectivity index (χ0n) is 15.9. The number of aliphatic hydroxyl groups excluding tert-OH is 1. The Kier molecular flexibility index (Phi) is 5.09. The van der Waals surface area contributed by atoms with Gasteiger partial charge in [0.25, 0.3) is 0 Å². The fraction of sp³-hybridized carbons (Fsp3) is 0.160. The van der Waals surface area contributed by atoms with Crippen molar-refractivity contribution in [3.8, 4) is 0 Å². The van der Waals surface area contributed by atoms with Crippen LogP contribution >= 0.6 is 0 Å². The Balaban J connectivity index is 1.70. The van der Waals surface area contributed by atoms with Crippen LogP contribution in [0.2, 0.25) is 0 Å². The summed E-state index contributed by atoms with van der Waals surface area (Å²) in [4.78, 5) is 4.71. The molecule has 0 fully saturated rings. The van der Waals surface area contributed by atoms with Crippen molar-refractivity contribution in [3.05, 3.63) is 102 Å². The predicted octanol–water partition coefficient (Wildman–Crippen LogP) is 5.64. The van der Waals surface area contributed by atoms with Crippen LogP contribution in [0.15, 0.2) is 94.4 Å². The number of allylic oxidation sites excluding steroid dienone is 3. The Morgan fingerprint density at radius 1 is 1.11 bits per heavy atom. The van der Waals surface area contributed by atoms with E-state index in [4.69, 9.17) is 9.41 Å². The SMILES string of the molecule is C=CCC1=CC(=NCc2ccccc2)C(O)C(c2ccc3oc(C)cc3c2)=C1. The Bertz CT molecular complexity index is 1100. The van der Waals surface area contributed by atoms with Crippen molar-refractivity contribution in [2.45, 2.75) is 26.0 Å². The van der Waals surface area contributed by atoms with Crippen molar-refractivity contribution >= 4 is 22.3 Å². The van der Waals surface area contributed by atoms with E-state index < -0.39 is 6.10 Å². The van der Waals surface area contributed by atoms with Crippen LogP contribution in [-0.4, -0.2) is 16.9 Å². The topological polar surface area (TPSA) is 45.7 Å². The first kappa shape index (κ1) is 18.2. The minimum Gasteiger partial charge on any atom is -0.461 e. The van der Waals surface area contributed by atoms with Gasteiger partial charge in [-0.25, -0.2) is 0 Å². The van der Waals surface area contributed by atoms with E-state index in [9.17, 15) is 5.11 Å². The van der Waals surface area contributed by atoms with Crippen LogP contribution in [0.4, 0.5) is 0 Å². The molecule has 1 heterocycles. The highest BCUT2D eigenvalue weighted by atomic mass is 16.3. The van der Waals surface area contributed by atoms with Crippen molar-refractivity contribution in [2.75, 3.05) is 0 Å². The molecule has 1 unspecified atom stereocenters. The van der Waals surface area contributed by atoms with Gasteiger partial charge >= 0.3 is 0 Å². The maximum absolute atomic E-state index is 11.0.